The standard InChI is InChI=1S/C17H17NO2/c1-19-15-8-6-13(7-9-15)11-18-12-16-10-14-4-2-3-5-17(14)20-16/h2-10,18H,11-12H2,1H3. The van der Waals surface area contributed by atoms with Crippen LogP contribution in [0.25, 0.3) is 11.0 Å². The minimum Gasteiger partial charge on any atom is -0.497 e. The zero-order valence-corrected chi connectivity index (χ0v) is 11.4. The van der Waals surface area contributed by atoms with Crippen LogP contribution in [0.1, 0.15) is 11.3 Å². The molecule has 0 spiro atoms. The highest BCUT2D eigenvalue weighted by Gasteiger charge is 2.02. The molecule has 0 bridgehead atoms. The van der Waals surface area contributed by atoms with Crippen molar-refractivity contribution in [1.29, 1.82) is 0 Å². The van der Waals surface area contributed by atoms with Crippen molar-refractivity contribution in [3.05, 3.63) is 65.9 Å². The van der Waals surface area contributed by atoms with E-state index in [1.54, 1.807) is 7.11 Å². The molecule has 0 fully saturated rings. The summed E-state index contributed by atoms with van der Waals surface area (Å²) in [5, 5.41) is 4.53. The van der Waals surface area contributed by atoms with E-state index in [1.807, 2.05) is 30.3 Å². The van der Waals surface area contributed by atoms with Gasteiger partial charge in [-0.25, -0.2) is 0 Å². The Morgan fingerprint density at radius 1 is 1.00 bits per heavy atom. The highest BCUT2D eigenvalue weighted by molar-refractivity contribution is 5.77. The molecule has 0 unspecified atom stereocenters. The molecule has 3 rings (SSSR count). The van der Waals surface area contributed by atoms with Gasteiger partial charge in [-0.3, -0.25) is 0 Å². The van der Waals surface area contributed by atoms with Gasteiger partial charge >= 0.3 is 0 Å². The highest BCUT2D eigenvalue weighted by atomic mass is 16.5. The van der Waals surface area contributed by atoms with Gasteiger partial charge in [0.05, 0.1) is 13.7 Å². The Labute approximate surface area is 118 Å². The van der Waals surface area contributed by atoms with Crippen molar-refractivity contribution in [2.75, 3.05) is 7.11 Å². The first kappa shape index (κ1) is 12.8. The summed E-state index contributed by atoms with van der Waals surface area (Å²) in [6.07, 6.45) is 0. The van der Waals surface area contributed by atoms with Gasteiger partial charge in [0.25, 0.3) is 0 Å². The van der Waals surface area contributed by atoms with Crippen molar-refractivity contribution in [1.82, 2.24) is 5.32 Å². The third-order valence-electron chi connectivity index (χ3n) is 3.26. The molecule has 0 aliphatic carbocycles. The van der Waals surface area contributed by atoms with E-state index < -0.39 is 0 Å². The summed E-state index contributed by atoms with van der Waals surface area (Å²) in [5.41, 5.74) is 2.16. The topological polar surface area (TPSA) is 34.4 Å². The van der Waals surface area contributed by atoms with Crippen LogP contribution in [0.2, 0.25) is 0 Å². The van der Waals surface area contributed by atoms with Crippen LogP contribution < -0.4 is 10.1 Å². The van der Waals surface area contributed by atoms with Crippen molar-refractivity contribution in [3.8, 4) is 5.75 Å². The second kappa shape index (κ2) is 5.80. The van der Waals surface area contributed by atoms with E-state index in [9.17, 15) is 0 Å². The van der Waals surface area contributed by atoms with Gasteiger partial charge in [-0.15, -0.1) is 0 Å². The van der Waals surface area contributed by atoms with E-state index in [4.69, 9.17) is 9.15 Å². The first-order valence-electron chi connectivity index (χ1n) is 6.66. The summed E-state index contributed by atoms with van der Waals surface area (Å²) in [5.74, 6) is 1.84. The van der Waals surface area contributed by atoms with E-state index in [1.165, 1.54) is 5.56 Å². The van der Waals surface area contributed by atoms with Gasteiger partial charge in [-0.05, 0) is 29.8 Å². The van der Waals surface area contributed by atoms with Crippen molar-refractivity contribution >= 4 is 11.0 Å². The van der Waals surface area contributed by atoms with E-state index in [0.717, 1.165) is 35.6 Å². The third kappa shape index (κ3) is 2.83. The molecule has 0 aliphatic heterocycles. The van der Waals surface area contributed by atoms with Crippen molar-refractivity contribution < 1.29 is 9.15 Å². The molecule has 102 valence electrons. The van der Waals surface area contributed by atoms with Crippen molar-refractivity contribution in [2.24, 2.45) is 0 Å². The minimum absolute atomic E-state index is 0.723. The number of furan rings is 1. The molecular formula is C17H17NO2. The van der Waals surface area contributed by atoms with E-state index >= 15 is 0 Å². The van der Waals surface area contributed by atoms with Crippen molar-refractivity contribution in [2.45, 2.75) is 13.1 Å². The first-order chi connectivity index (χ1) is 9.85. The maximum atomic E-state index is 5.76. The normalized spacial score (nSPS) is 10.8. The molecule has 0 saturated heterocycles. The second-order valence-corrected chi connectivity index (χ2v) is 4.70. The molecule has 0 radical (unpaired) electrons. The molecule has 0 saturated carbocycles. The summed E-state index contributed by atoms with van der Waals surface area (Å²) in [7, 11) is 1.68. The van der Waals surface area contributed by atoms with Gasteiger partial charge in [-0.2, -0.15) is 0 Å². The van der Waals surface area contributed by atoms with Gasteiger partial charge in [0.15, 0.2) is 0 Å². The molecule has 20 heavy (non-hydrogen) atoms. The average molecular weight is 267 g/mol. The lowest BCUT2D eigenvalue weighted by Crippen LogP contribution is -2.11. The highest BCUT2D eigenvalue weighted by Crippen LogP contribution is 2.18. The van der Waals surface area contributed by atoms with Crippen LogP contribution in [-0.4, -0.2) is 7.11 Å². The summed E-state index contributed by atoms with van der Waals surface area (Å²) in [4.78, 5) is 0. The number of ether oxygens (including phenoxy) is 1. The van der Waals surface area contributed by atoms with Crippen LogP contribution in [-0.2, 0) is 13.1 Å². The summed E-state index contributed by atoms with van der Waals surface area (Å²) in [6, 6.07) is 18.2. The second-order valence-electron chi connectivity index (χ2n) is 4.70. The average Bonchev–Trinajstić information content (AvgIpc) is 2.90. The largest absolute Gasteiger partial charge is 0.497 e. The quantitative estimate of drug-likeness (QED) is 0.765. The lowest BCUT2D eigenvalue weighted by atomic mass is 10.2. The maximum absolute atomic E-state index is 5.76. The first-order valence-corrected chi connectivity index (χ1v) is 6.66. The SMILES string of the molecule is COc1ccc(CNCc2cc3ccccc3o2)cc1. The van der Waals surface area contributed by atoms with Crippen LogP contribution in [0, 0.1) is 0 Å². The van der Waals surface area contributed by atoms with Gasteiger partial charge in [0.1, 0.15) is 17.1 Å². The zero-order chi connectivity index (χ0) is 13.8. The molecule has 1 N–H and O–H groups in total. The molecule has 0 amide bonds. The molecule has 3 heteroatoms. The monoisotopic (exact) mass is 267 g/mol. The van der Waals surface area contributed by atoms with Gasteiger partial charge in [0.2, 0.25) is 0 Å². The number of methoxy groups -OCH3 is 1. The van der Waals surface area contributed by atoms with Crippen LogP contribution in [0.15, 0.2) is 59.0 Å². The molecule has 1 aromatic heterocycles. The van der Waals surface area contributed by atoms with Crippen LogP contribution >= 0.6 is 0 Å². The van der Waals surface area contributed by atoms with Crippen LogP contribution in [0.4, 0.5) is 0 Å². The molecule has 2 aromatic carbocycles. The predicted octanol–water partition coefficient (Wildman–Crippen LogP) is 3.73. The number of benzene rings is 2. The Bertz CT molecular complexity index is 653. The van der Waals surface area contributed by atoms with E-state index in [-0.39, 0.29) is 0 Å². The summed E-state index contributed by atoms with van der Waals surface area (Å²) < 4.78 is 10.9. The number of para-hydroxylation sites is 1. The number of nitrogens with one attached hydrogen (secondary N) is 1. The smallest absolute Gasteiger partial charge is 0.134 e. The summed E-state index contributed by atoms with van der Waals surface area (Å²) >= 11 is 0. The number of hydrogen-bond donors (Lipinski definition) is 1. The molecule has 3 nitrogen and oxygen atoms in total. The molecule has 0 aliphatic rings. The fourth-order valence-electron chi connectivity index (χ4n) is 2.20. The Morgan fingerprint density at radius 3 is 2.55 bits per heavy atom. The van der Waals surface area contributed by atoms with Crippen LogP contribution in [0.5, 0.6) is 5.75 Å². The predicted molar refractivity (Wildman–Crippen MR) is 79.8 cm³/mol. The molecule has 1 heterocycles. The van der Waals surface area contributed by atoms with E-state index in [0.29, 0.717) is 0 Å². The molecular weight excluding hydrogens is 250 g/mol. The minimum atomic E-state index is 0.723. The summed E-state index contributed by atoms with van der Waals surface area (Å²) in [6.45, 7) is 1.53. The van der Waals surface area contributed by atoms with Gasteiger partial charge < -0.3 is 14.5 Å². The zero-order valence-electron chi connectivity index (χ0n) is 11.4. The Balaban J connectivity index is 1.58. The van der Waals surface area contributed by atoms with E-state index in [2.05, 4.69) is 29.6 Å². The lowest BCUT2D eigenvalue weighted by Gasteiger charge is -2.04. The lowest BCUT2D eigenvalue weighted by molar-refractivity contribution is 0.414. The van der Waals surface area contributed by atoms with Crippen molar-refractivity contribution in [3.63, 3.8) is 0 Å². The Hall–Kier alpha value is -2.26. The van der Waals surface area contributed by atoms with Gasteiger partial charge in [0, 0.05) is 11.9 Å². The number of fused-ring (bicyclic) bond motifs is 1. The molecule has 3 aromatic rings. The number of hydrogen-bond acceptors (Lipinski definition) is 3. The van der Waals surface area contributed by atoms with Crippen LogP contribution in [0.3, 0.4) is 0 Å². The fourth-order valence-corrected chi connectivity index (χ4v) is 2.20. The third-order valence-corrected chi connectivity index (χ3v) is 3.26. The number of rotatable bonds is 5. The maximum Gasteiger partial charge on any atom is 0.134 e. The van der Waals surface area contributed by atoms with Gasteiger partial charge in [-0.1, -0.05) is 30.3 Å². The fraction of sp³-hybridized carbons (Fsp3) is 0.176. The Morgan fingerprint density at radius 2 is 1.80 bits per heavy atom. The Kier molecular flexibility index (Phi) is 3.70. The molecule has 0 atom stereocenters.